The van der Waals surface area contributed by atoms with Crippen LogP contribution in [0.2, 0.25) is 0 Å². The summed E-state index contributed by atoms with van der Waals surface area (Å²) in [4.78, 5) is 11.8. The lowest BCUT2D eigenvalue weighted by Gasteiger charge is -2.23. The number of nitrogens with one attached hydrogen (secondary N) is 2. The fraction of sp³-hybridized carbons (Fsp3) is 0.667. The number of rotatable bonds is 5. The molecule has 0 unspecified atom stereocenters. The van der Waals surface area contributed by atoms with Crippen molar-refractivity contribution >= 4 is 11.6 Å². The van der Waals surface area contributed by atoms with Crippen molar-refractivity contribution in [1.82, 2.24) is 15.1 Å². The van der Waals surface area contributed by atoms with Crippen molar-refractivity contribution in [3.05, 3.63) is 12.4 Å². The highest BCUT2D eigenvalue weighted by molar-refractivity contribution is 5.84. The third kappa shape index (κ3) is 5.67. The number of hydrogen-bond acceptors (Lipinski definition) is 3. The van der Waals surface area contributed by atoms with Gasteiger partial charge in [-0.2, -0.15) is 5.10 Å². The van der Waals surface area contributed by atoms with Gasteiger partial charge in [0.1, 0.15) is 12.6 Å². The van der Waals surface area contributed by atoms with Crippen molar-refractivity contribution in [3.8, 4) is 0 Å². The van der Waals surface area contributed by atoms with Crippen LogP contribution in [0.1, 0.15) is 27.7 Å². The maximum atomic E-state index is 12.2. The SMILES string of the molecule is C[C@H](Nc1cnn(CC(F)F)c1)C(=O)NC(C)(C)C. The molecule has 0 radical (unpaired) electrons. The molecule has 0 aromatic carbocycles. The van der Waals surface area contributed by atoms with E-state index in [-0.39, 0.29) is 11.4 Å². The molecular formula is C12H20F2N4O. The van der Waals surface area contributed by atoms with Crippen LogP contribution in [0.25, 0.3) is 0 Å². The summed E-state index contributed by atoms with van der Waals surface area (Å²) in [6, 6.07) is -0.469. The molecule has 0 fully saturated rings. The van der Waals surface area contributed by atoms with Gasteiger partial charge in [-0.15, -0.1) is 0 Å². The summed E-state index contributed by atoms with van der Waals surface area (Å²) in [5, 5.41) is 9.53. The van der Waals surface area contributed by atoms with Gasteiger partial charge < -0.3 is 10.6 Å². The van der Waals surface area contributed by atoms with Crippen molar-refractivity contribution in [2.75, 3.05) is 5.32 Å². The third-order valence-electron chi connectivity index (χ3n) is 2.23. The molecule has 1 aromatic rings. The number of anilines is 1. The van der Waals surface area contributed by atoms with Crippen molar-refractivity contribution in [1.29, 1.82) is 0 Å². The smallest absolute Gasteiger partial charge is 0.257 e. The van der Waals surface area contributed by atoms with Crippen LogP contribution < -0.4 is 10.6 Å². The molecular weight excluding hydrogens is 254 g/mol. The Hall–Kier alpha value is -1.66. The second kappa shape index (κ2) is 5.99. The van der Waals surface area contributed by atoms with Gasteiger partial charge in [-0.05, 0) is 27.7 Å². The number of carbonyl (C=O) groups is 1. The van der Waals surface area contributed by atoms with E-state index in [2.05, 4.69) is 15.7 Å². The average Bonchev–Trinajstić information content (AvgIpc) is 2.61. The quantitative estimate of drug-likeness (QED) is 0.861. The minimum atomic E-state index is -2.45. The molecule has 5 nitrogen and oxygen atoms in total. The molecule has 7 heteroatoms. The van der Waals surface area contributed by atoms with E-state index in [1.54, 1.807) is 6.92 Å². The van der Waals surface area contributed by atoms with Gasteiger partial charge in [0.15, 0.2) is 0 Å². The highest BCUT2D eigenvalue weighted by Gasteiger charge is 2.19. The Morgan fingerprint density at radius 2 is 2.11 bits per heavy atom. The molecule has 0 bridgehead atoms. The highest BCUT2D eigenvalue weighted by atomic mass is 19.3. The van der Waals surface area contributed by atoms with Crippen LogP contribution in [0.3, 0.4) is 0 Å². The maximum Gasteiger partial charge on any atom is 0.257 e. The molecule has 2 N–H and O–H groups in total. The van der Waals surface area contributed by atoms with Gasteiger partial charge in [-0.1, -0.05) is 0 Å². The van der Waals surface area contributed by atoms with Gasteiger partial charge in [-0.25, -0.2) is 8.78 Å². The lowest BCUT2D eigenvalue weighted by atomic mass is 10.1. The fourth-order valence-electron chi connectivity index (χ4n) is 1.47. The van der Waals surface area contributed by atoms with E-state index in [1.807, 2.05) is 20.8 Å². The Labute approximate surface area is 111 Å². The lowest BCUT2D eigenvalue weighted by Crippen LogP contribution is -2.47. The van der Waals surface area contributed by atoms with Crippen molar-refractivity contribution in [3.63, 3.8) is 0 Å². The van der Waals surface area contributed by atoms with Crippen molar-refractivity contribution < 1.29 is 13.6 Å². The van der Waals surface area contributed by atoms with E-state index in [1.165, 1.54) is 12.4 Å². The predicted molar refractivity (Wildman–Crippen MR) is 69.2 cm³/mol. The Morgan fingerprint density at radius 3 is 2.63 bits per heavy atom. The molecule has 19 heavy (non-hydrogen) atoms. The number of hydrogen-bond donors (Lipinski definition) is 2. The summed E-state index contributed by atoms with van der Waals surface area (Å²) in [6.45, 7) is 6.91. The third-order valence-corrected chi connectivity index (χ3v) is 2.23. The van der Waals surface area contributed by atoms with Gasteiger partial charge >= 0.3 is 0 Å². The van der Waals surface area contributed by atoms with Crippen LogP contribution in [-0.2, 0) is 11.3 Å². The van der Waals surface area contributed by atoms with E-state index >= 15 is 0 Å². The molecule has 0 aliphatic heterocycles. The summed E-state index contributed by atoms with van der Waals surface area (Å²) in [7, 11) is 0. The molecule has 0 spiro atoms. The Bertz CT molecular complexity index is 426. The Morgan fingerprint density at radius 1 is 1.47 bits per heavy atom. The van der Waals surface area contributed by atoms with E-state index in [0.717, 1.165) is 4.68 Å². The molecule has 0 aliphatic rings. The largest absolute Gasteiger partial charge is 0.371 e. The normalized spacial score (nSPS) is 13.4. The average molecular weight is 274 g/mol. The standard InChI is InChI=1S/C12H20F2N4O/c1-8(11(19)17-12(2,3)4)16-9-5-15-18(6-9)7-10(13)14/h5-6,8,10,16H,7H2,1-4H3,(H,17,19)/t8-/m0/s1. The van der Waals surface area contributed by atoms with Crippen LogP contribution in [0.4, 0.5) is 14.5 Å². The number of carbonyl (C=O) groups excluding carboxylic acids is 1. The van der Waals surface area contributed by atoms with E-state index in [9.17, 15) is 13.6 Å². The first kappa shape index (κ1) is 15.4. The van der Waals surface area contributed by atoms with Crippen molar-refractivity contribution in [2.45, 2.75) is 52.2 Å². The van der Waals surface area contributed by atoms with E-state index in [0.29, 0.717) is 5.69 Å². The zero-order valence-corrected chi connectivity index (χ0v) is 11.6. The monoisotopic (exact) mass is 274 g/mol. The maximum absolute atomic E-state index is 12.2. The van der Waals surface area contributed by atoms with Crippen LogP contribution in [0.5, 0.6) is 0 Å². The predicted octanol–water partition coefficient (Wildman–Crippen LogP) is 1.86. The van der Waals surface area contributed by atoms with Crippen LogP contribution in [0, 0.1) is 0 Å². The van der Waals surface area contributed by atoms with Crippen LogP contribution in [-0.4, -0.2) is 33.7 Å². The summed E-state index contributed by atoms with van der Waals surface area (Å²) in [6.07, 6.45) is 0.422. The van der Waals surface area contributed by atoms with Crippen LogP contribution >= 0.6 is 0 Å². The number of aromatic nitrogens is 2. The molecule has 108 valence electrons. The molecule has 1 rings (SSSR count). The van der Waals surface area contributed by atoms with Gasteiger partial charge in [0.25, 0.3) is 6.43 Å². The number of nitrogens with zero attached hydrogens (tertiary/aromatic N) is 2. The number of amides is 1. The van der Waals surface area contributed by atoms with E-state index < -0.39 is 19.0 Å². The van der Waals surface area contributed by atoms with Crippen molar-refractivity contribution in [2.24, 2.45) is 0 Å². The molecule has 1 aromatic heterocycles. The first-order valence-electron chi connectivity index (χ1n) is 6.06. The zero-order valence-electron chi connectivity index (χ0n) is 11.6. The minimum absolute atomic E-state index is 0.158. The molecule has 0 saturated heterocycles. The van der Waals surface area contributed by atoms with Crippen LogP contribution in [0.15, 0.2) is 12.4 Å². The molecule has 1 amide bonds. The second-order valence-corrected chi connectivity index (χ2v) is 5.45. The molecule has 0 saturated carbocycles. The molecule has 1 atom stereocenters. The first-order valence-corrected chi connectivity index (χ1v) is 6.06. The number of halogens is 2. The summed E-state index contributed by atoms with van der Waals surface area (Å²) < 4.78 is 25.5. The van der Waals surface area contributed by atoms with Gasteiger partial charge in [0.2, 0.25) is 5.91 Å². The zero-order chi connectivity index (χ0) is 14.6. The first-order chi connectivity index (χ1) is 8.67. The van der Waals surface area contributed by atoms with Gasteiger partial charge in [0, 0.05) is 11.7 Å². The molecule has 1 heterocycles. The van der Waals surface area contributed by atoms with E-state index in [4.69, 9.17) is 0 Å². The Kier molecular flexibility index (Phi) is 4.85. The lowest BCUT2D eigenvalue weighted by molar-refractivity contribution is -0.122. The van der Waals surface area contributed by atoms with Gasteiger partial charge in [0.05, 0.1) is 11.9 Å². The summed E-state index contributed by atoms with van der Waals surface area (Å²) >= 11 is 0. The fourth-order valence-corrected chi connectivity index (χ4v) is 1.47. The summed E-state index contributed by atoms with van der Waals surface area (Å²) in [5.41, 5.74) is 0.226. The minimum Gasteiger partial charge on any atom is -0.371 e. The highest BCUT2D eigenvalue weighted by Crippen LogP contribution is 2.09. The van der Waals surface area contributed by atoms with Gasteiger partial charge in [-0.3, -0.25) is 9.48 Å². The topological polar surface area (TPSA) is 59.0 Å². The Balaban J connectivity index is 2.54. The second-order valence-electron chi connectivity index (χ2n) is 5.45. The molecule has 0 aliphatic carbocycles. The number of alkyl halides is 2. The summed E-state index contributed by atoms with van der Waals surface area (Å²) in [5.74, 6) is -0.158.